The monoisotopic (exact) mass is 283 g/mol. The molecular weight excluding hydrogens is 258 g/mol. The van der Waals surface area contributed by atoms with E-state index in [0.29, 0.717) is 11.5 Å². The van der Waals surface area contributed by atoms with Crippen LogP contribution in [0.5, 0.6) is 0 Å². The second kappa shape index (κ2) is 6.27. The Morgan fingerprint density at radius 3 is 2.58 bits per heavy atom. The quantitative estimate of drug-likeness (QED) is 0.852. The molecule has 1 aliphatic rings. The number of nitrogens with zero attached hydrogens (tertiary/aromatic N) is 2. The lowest BCUT2D eigenvalue weighted by molar-refractivity contribution is 0.180. The van der Waals surface area contributed by atoms with Crippen LogP contribution in [0.15, 0.2) is 6.20 Å². The molecule has 2 rings (SSSR count). The van der Waals surface area contributed by atoms with Gasteiger partial charge >= 0.3 is 0 Å². The molecule has 0 amide bonds. The van der Waals surface area contributed by atoms with Crippen LogP contribution in [0.1, 0.15) is 64.1 Å². The Balaban J connectivity index is 2.35. The molecule has 0 aliphatic heterocycles. The summed E-state index contributed by atoms with van der Waals surface area (Å²) in [7, 11) is 2.00. The highest BCUT2D eigenvalue weighted by atomic mass is 35.5. The van der Waals surface area contributed by atoms with Gasteiger partial charge in [-0.05, 0) is 37.6 Å². The molecule has 19 heavy (non-hydrogen) atoms. The highest BCUT2D eigenvalue weighted by Gasteiger charge is 2.42. The topological polar surface area (TPSA) is 29.9 Å². The lowest BCUT2D eigenvalue weighted by Crippen LogP contribution is -2.38. The van der Waals surface area contributed by atoms with Crippen LogP contribution in [0, 0.1) is 5.41 Å². The summed E-state index contributed by atoms with van der Waals surface area (Å²) in [6.45, 7) is 5.56. The fourth-order valence-corrected chi connectivity index (χ4v) is 3.84. The molecule has 108 valence electrons. The molecule has 1 saturated carbocycles. The van der Waals surface area contributed by atoms with E-state index in [1.54, 1.807) is 6.20 Å². The molecule has 0 aromatic carbocycles. The first kappa shape index (κ1) is 14.9. The van der Waals surface area contributed by atoms with Crippen molar-refractivity contribution in [2.24, 2.45) is 12.5 Å². The van der Waals surface area contributed by atoms with Gasteiger partial charge in [-0.2, -0.15) is 5.10 Å². The standard InChI is InChI=1S/C15H26ClN3/c1-4-10-17-14(13-12(16)11-18-19(13)3)15(5-2)8-6-7-9-15/h11,14,17H,4-10H2,1-3H3. The molecule has 1 atom stereocenters. The Morgan fingerprint density at radius 2 is 2.11 bits per heavy atom. The summed E-state index contributed by atoms with van der Waals surface area (Å²) < 4.78 is 1.95. The number of halogens is 1. The molecule has 1 aromatic rings. The molecular formula is C15H26ClN3. The largest absolute Gasteiger partial charge is 0.308 e. The summed E-state index contributed by atoms with van der Waals surface area (Å²) in [6, 6.07) is 0.333. The van der Waals surface area contributed by atoms with Crippen molar-refractivity contribution in [3.05, 3.63) is 16.9 Å². The molecule has 1 fully saturated rings. The number of rotatable bonds is 6. The summed E-state index contributed by atoms with van der Waals surface area (Å²) in [4.78, 5) is 0. The maximum Gasteiger partial charge on any atom is 0.0834 e. The molecule has 3 nitrogen and oxygen atoms in total. The van der Waals surface area contributed by atoms with Crippen LogP contribution >= 0.6 is 11.6 Å². The van der Waals surface area contributed by atoms with Crippen molar-refractivity contribution >= 4 is 11.6 Å². The maximum atomic E-state index is 6.39. The minimum atomic E-state index is 0.333. The molecule has 1 aliphatic carbocycles. The second-order valence-corrected chi connectivity index (χ2v) is 6.22. The van der Waals surface area contributed by atoms with Gasteiger partial charge in [-0.25, -0.2) is 0 Å². The van der Waals surface area contributed by atoms with Crippen molar-refractivity contribution in [2.75, 3.05) is 6.54 Å². The van der Waals surface area contributed by atoms with E-state index < -0.39 is 0 Å². The number of aryl methyl sites for hydroxylation is 1. The van der Waals surface area contributed by atoms with Crippen LogP contribution in [-0.2, 0) is 7.05 Å². The van der Waals surface area contributed by atoms with Crippen molar-refractivity contribution in [1.82, 2.24) is 15.1 Å². The molecule has 0 radical (unpaired) electrons. The number of aromatic nitrogens is 2. The predicted molar refractivity (Wildman–Crippen MR) is 80.4 cm³/mol. The maximum absolute atomic E-state index is 6.39. The third-order valence-corrected chi connectivity index (χ3v) is 5.02. The first-order valence-electron chi connectivity index (χ1n) is 7.55. The summed E-state index contributed by atoms with van der Waals surface area (Å²) in [5, 5.41) is 8.87. The second-order valence-electron chi connectivity index (χ2n) is 5.81. The Hall–Kier alpha value is -0.540. The summed E-state index contributed by atoms with van der Waals surface area (Å²) >= 11 is 6.39. The third-order valence-electron chi connectivity index (χ3n) is 4.73. The third kappa shape index (κ3) is 2.82. The van der Waals surface area contributed by atoms with Gasteiger partial charge < -0.3 is 5.32 Å². The van der Waals surface area contributed by atoms with E-state index in [1.165, 1.54) is 37.8 Å². The van der Waals surface area contributed by atoms with Gasteiger partial charge in [0.25, 0.3) is 0 Å². The molecule has 1 heterocycles. The van der Waals surface area contributed by atoms with E-state index in [1.807, 2.05) is 11.7 Å². The Kier molecular flexibility index (Phi) is 4.91. The van der Waals surface area contributed by atoms with Gasteiger partial charge in [-0.15, -0.1) is 0 Å². The predicted octanol–water partition coefficient (Wildman–Crippen LogP) is 4.08. The van der Waals surface area contributed by atoms with Crippen LogP contribution in [0.2, 0.25) is 5.02 Å². The Labute approximate surface area is 121 Å². The van der Waals surface area contributed by atoms with E-state index in [-0.39, 0.29) is 0 Å². The minimum absolute atomic E-state index is 0.333. The minimum Gasteiger partial charge on any atom is -0.308 e. The van der Waals surface area contributed by atoms with Gasteiger partial charge in [0.15, 0.2) is 0 Å². The average Bonchev–Trinajstić information content (AvgIpc) is 3.01. The van der Waals surface area contributed by atoms with Crippen molar-refractivity contribution in [3.8, 4) is 0 Å². The fraction of sp³-hybridized carbons (Fsp3) is 0.800. The van der Waals surface area contributed by atoms with Crippen molar-refractivity contribution < 1.29 is 0 Å². The van der Waals surface area contributed by atoms with Crippen LogP contribution < -0.4 is 5.32 Å². The van der Waals surface area contributed by atoms with Crippen molar-refractivity contribution in [3.63, 3.8) is 0 Å². The molecule has 0 saturated heterocycles. The van der Waals surface area contributed by atoms with Gasteiger partial charge in [0.05, 0.1) is 23.0 Å². The van der Waals surface area contributed by atoms with Crippen LogP contribution in [0.3, 0.4) is 0 Å². The van der Waals surface area contributed by atoms with Crippen LogP contribution in [0.4, 0.5) is 0 Å². The zero-order valence-corrected chi connectivity index (χ0v) is 13.1. The zero-order chi connectivity index (χ0) is 13.9. The summed E-state index contributed by atoms with van der Waals surface area (Å²) in [5.74, 6) is 0. The molecule has 0 bridgehead atoms. The fourth-order valence-electron chi connectivity index (χ4n) is 3.56. The van der Waals surface area contributed by atoms with E-state index in [4.69, 9.17) is 11.6 Å². The summed E-state index contributed by atoms with van der Waals surface area (Å²) in [5.41, 5.74) is 1.52. The molecule has 1 N–H and O–H groups in total. The number of hydrogen-bond acceptors (Lipinski definition) is 2. The van der Waals surface area contributed by atoms with Gasteiger partial charge in [-0.1, -0.05) is 38.3 Å². The molecule has 0 spiro atoms. The highest BCUT2D eigenvalue weighted by Crippen LogP contribution is 2.50. The van der Waals surface area contributed by atoms with Gasteiger partial charge in [0.2, 0.25) is 0 Å². The average molecular weight is 284 g/mol. The van der Waals surface area contributed by atoms with Crippen LogP contribution in [0.25, 0.3) is 0 Å². The van der Waals surface area contributed by atoms with E-state index in [0.717, 1.165) is 18.0 Å². The van der Waals surface area contributed by atoms with Gasteiger partial charge in [0.1, 0.15) is 0 Å². The Bertz CT molecular complexity index is 388. The van der Waals surface area contributed by atoms with Crippen molar-refractivity contribution in [2.45, 2.75) is 58.4 Å². The smallest absolute Gasteiger partial charge is 0.0834 e. The summed E-state index contributed by atoms with van der Waals surface area (Å²) in [6.07, 6.45) is 9.40. The zero-order valence-electron chi connectivity index (χ0n) is 12.4. The number of hydrogen-bond donors (Lipinski definition) is 1. The normalized spacial score (nSPS) is 19.8. The highest BCUT2D eigenvalue weighted by molar-refractivity contribution is 6.31. The first-order valence-corrected chi connectivity index (χ1v) is 7.93. The number of nitrogens with one attached hydrogen (secondary N) is 1. The van der Waals surface area contributed by atoms with Crippen molar-refractivity contribution in [1.29, 1.82) is 0 Å². The lowest BCUT2D eigenvalue weighted by Gasteiger charge is -2.38. The van der Waals surface area contributed by atoms with E-state index in [2.05, 4.69) is 24.3 Å². The molecule has 1 unspecified atom stereocenters. The van der Waals surface area contributed by atoms with E-state index in [9.17, 15) is 0 Å². The van der Waals surface area contributed by atoms with E-state index >= 15 is 0 Å². The molecule has 1 aromatic heterocycles. The first-order chi connectivity index (χ1) is 9.14. The van der Waals surface area contributed by atoms with Gasteiger partial charge in [-0.3, -0.25) is 4.68 Å². The molecule has 4 heteroatoms. The van der Waals surface area contributed by atoms with Crippen LogP contribution in [-0.4, -0.2) is 16.3 Å². The lowest BCUT2D eigenvalue weighted by atomic mass is 9.74. The SMILES string of the molecule is CCCNC(c1c(Cl)cnn1C)C1(CC)CCCC1. The Morgan fingerprint density at radius 1 is 1.42 bits per heavy atom. The van der Waals surface area contributed by atoms with Gasteiger partial charge in [0, 0.05) is 7.05 Å².